The fraction of sp³-hybridized carbons (Fsp3) is 0.355. The lowest BCUT2D eigenvalue weighted by Crippen LogP contribution is -2.39. The van der Waals surface area contributed by atoms with E-state index in [1.165, 1.54) is 41.3 Å². The van der Waals surface area contributed by atoms with Crippen LogP contribution in [0.5, 0.6) is 0 Å². The van der Waals surface area contributed by atoms with Crippen LogP contribution in [0.3, 0.4) is 0 Å². The molecule has 0 aliphatic carbocycles. The number of carbonyl (C=O) groups excluding carboxylic acids is 4. The van der Waals surface area contributed by atoms with E-state index in [-0.39, 0.29) is 24.6 Å². The quantitative estimate of drug-likeness (QED) is 0.210. The molecule has 228 valence electrons. The van der Waals surface area contributed by atoms with Gasteiger partial charge in [0.1, 0.15) is 16.4 Å². The summed E-state index contributed by atoms with van der Waals surface area (Å²) in [5.74, 6) is -2.06. The van der Waals surface area contributed by atoms with Crippen LogP contribution >= 0.6 is 23.1 Å². The molecule has 2 heterocycles. The van der Waals surface area contributed by atoms with Gasteiger partial charge in [0.15, 0.2) is 0 Å². The van der Waals surface area contributed by atoms with Gasteiger partial charge in [-0.25, -0.2) is 14.0 Å². The number of ether oxygens (including phenoxy) is 2. The smallest absolute Gasteiger partial charge is 0.410 e. The lowest BCUT2D eigenvalue weighted by Gasteiger charge is -2.30. The van der Waals surface area contributed by atoms with Crippen molar-refractivity contribution in [1.82, 2.24) is 4.90 Å². The van der Waals surface area contributed by atoms with E-state index >= 15 is 0 Å². The third-order valence-corrected chi connectivity index (χ3v) is 8.54. The van der Waals surface area contributed by atoms with Crippen LogP contribution in [-0.2, 0) is 27.2 Å². The largest absolute Gasteiger partial charge is 0.462 e. The summed E-state index contributed by atoms with van der Waals surface area (Å²) in [5, 5.41) is 5.38. The third kappa shape index (κ3) is 8.14. The summed E-state index contributed by atoms with van der Waals surface area (Å²) < 4.78 is 24.8. The monoisotopic (exact) mass is 627 g/mol. The van der Waals surface area contributed by atoms with Crippen molar-refractivity contribution >= 4 is 57.7 Å². The first-order chi connectivity index (χ1) is 20.4. The molecule has 43 heavy (non-hydrogen) atoms. The van der Waals surface area contributed by atoms with Gasteiger partial charge in [0, 0.05) is 22.0 Å². The van der Waals surface area contributed by atoms with E-state index in [0.29, 0.717) is 34.1 Å². The number of thiophene rings is 1. The first-order valence-corrected chi connectivity index (χ1v) is 15.5. The lowest BCUT2D eigenvalue weighted by atomic mass is 10.0. The van der Waals surface area contributed by atoms with Gasteiger partial charge in [0.25, 0.3) is 5.91 Å². The zero-order valence-electron chi connectivity index (χ0n) is 24.6. The Bertz CT molecular complexity index is 1530. The Morgan fingerprint density at radius 3 is 2.53 bits per heavy atom. The third-order valence-electron chi connectivity index (χ3n) is 6.32. The molecule has 0 spiro atoms. The first kappa shape index (κ1) is 32.0. The molecule has 2 N–H and O–H groups in total. The number of nitrogens with one attached hydrogen (secondary N) is 2. The molecule has 2 aromatic carbocycles. The van der Waals surface area contributed by atoms with Gasteiger partial charge >= 0.3 is 12.1 Å². The molecule has 3 aromatic rings. The van der Waals surface area contributed by atoms with Crippen molar-refractivity contribution in [3.63, 3.8) is 0 Å². The van der Waals surface area contributed by atoms with Crippen molar-refractivity contribution in [2.75, 3.05) is 23.8 Å². The van der Waals surface area contributed by atoms with Crippen molar-refractivity contribution in [3.05, 3.63) is 75.9 Å². The van der Waals surface area contributed by atoms with E-state index < -0.39 is 34.6 Å². The predicted molar refractivity (Wildman–Crippen MR) is 165 cm³/mol. The maximum atomic E-state index is 14.0. The lowest BCUT2D eigenvalue weighted by molar-refractivity contribution is -0.115. The Labute approximate surface area is 258 Å². The van der Waals surface area contributed by atoms with Gasteiger partial charge in [-0.05, 0) is 76.9 Å². The molecule has 3 amide bonds. The van der Waals surface area contributed by atoms with E-state index in [1.54, 1.807) is 69.9 Å². The Kier molecular flexibility index (Phi) is 10.1. The average Bonchev–Trinajstić information content (AvgIpc) is 3.29. The number of hydrogen-bond acceptors (Lipinski definition) is 8. The summed E-state index contributed by atoms with van der Waals surface area (Å²) >= 11 is 2.51. The van der Waals surface area contributed by atoms with Gasteiger partial charge in [-0.2, -0.15) is 0 Å². The summed E-state index contributed by atoms with van der Waals surface area (Å²) in [6.45, 7) is 9.65. The van der Waals surface area contributed by atoms with Gasteiger partial charge in [0.05, 0.1) is 29.5 Å². The Hall–Kier alpha value is -3.90. The maximum Gasteiger partial charge on any atom is 0.410 e. The zero-order valence-corrected chi connectivity index (χ0v) is 26.2. The van der Waals surface area contributed by atoms with Gasteiger partial charge in [0.2, 0.25) is 5.91 Å². The highest BCUT2D eigenvalue weighted by Gasteiger charge is 2.33. The molecular weight excluding hydrogens is 593 g/mol. The second-order valence-electron chi connectivity index (χ2n) is 10.8. The van der Waals surface area contributed by atoms with Crippen molar-refractivity contribution in [2.24, 2.45) is 0 Å². The second kappa shape index (κ2) is 13.6. The number of esters is 1. The van der Waals surface area contributed by atoms with E-state index in [0.717, 1.165) is 10.4 Å². The number of thioether (sulfide) groups is 1. The number of fused-ring (bicyclic) bond motifs is 1. The molecule has 1 aliphatic heterocycles. The van der Waals surface area contributed by atoms with Crippen LogP contribution in [0, 0.1) is 5.82 Å². The van der Waals surface area contributed by atoms with Crippen LogP contribution in [0.15, 0.2) is 53.4 Å². The van der Waals surface area contributed by atoms with E-state index in [9.17, 15) is 23.6 Å². The number of halogens is 1. The average molecular weight is 628 g/mol. The van der Waals surface area contributed by atoms with Crippen LogP contribution in [0.25, 0.3) is 0 Å². The van der Waals surface area contributed by atoms with Crippen molar-refractivity contribution < 1.29 is 33.0 Å². The Balaban J connectivity index is 1.47. The molecule has 1 atom stereocenters. The van der Waals surface area contributed by atoms with Crippen molar-refractivity contribution in [1.29, 1.82) is 0 Å². The minimum atomic E-state index is -0.638. The number of hydrogen-bond donors (Lipinski definition) is 2. The minimum Gasteiger partial charge on any atom is -0.462 e. The molecule has 4 rings (SSSR count). The van der Waals surface area contributed by atoms with Crippen LogP contribution in [0.1, 0.15) is 65.8 Å². The van der Waals surface area contributed by atoms with Gasteiger partial charge in [-0.15, -0.1) is 23.1 Å². The number of carbonyl (C=O) groups is 4. The summed E-state index contributed by atoms with van der Waals surface area (Å²) in [7, 11) is 0. The van der Waals surface area contributed by atoms with Crippen LogP contribution in [0.4, 0.5) is 19.9 Å². The van der Waals surface area contributed by atoms with Crippen LogP contribution in [-0.4, -0.2) is 52.8 Å². The first-order valence-electron chi connectivity index (χ1n) is 13.8. The molecule has 1 aromatic heterocycles. The number of nitrogens with zero attached hydrogens (tertiary/aromatic N) is 1. The van der Waals surface area contributed by atoms with Gasteiger partial charge in [-0.1, -0.05) is 18.2 Å². The van der Waals surface area contributed by atoms with E-state index in [4.69, 9.17) is 9.47 Å². The summed E-state index contributed by atoms with van der Waals surface area (Å²) in [4.78, 5) is 54.5. The second-order valence-corrected chi connectivity index (χ2v) is 13.3. The highest BCUT2D eigenvalue weighted by molar-refractivity contribution is 8.00. The molecule has 1 unspecified atom stereocenters. The van der Waals surface area contributed by atoms with Crippen molar-refractivity contribution in [3.8, 4) is 0 Å². The number of rotatable bonds is 8. The predicted octanol–water partition coefficient (Wildman–Crippen LogP) is 6.73. The SMILES string of the molecule is CCOC(=O)c1c(NC(=O)C(C)Sc2cccc(NC(=O)c3ccccc3F)c2)sc2c1CCN(C(=O)OC(C)(C)C)C2. The van der Waals surface area contributed by atoms with E-state index in [2.05, 4.69) is 10.6 Å². The van der Waals surface area contributed by atoms with E-state index in [1.807, 2.05) is 0 Å². The number of anilines is 2. The summed E-state index contributed by atoms with van der Waals surface area (Å²) in [6.07, 6.45) is -0.0164. The highest BCUT2D eigenvalue weighted by atomic mass is 32.2. The molecule has 0 fully saturated rings. The van der Waals surface area contributed by atoms with Gasteiger partial charge < -0.3 is 25.0 Å². The normalized spacial score (nSPS) is 13.5. The Morgan fingerprint density at radius 1 is 1.09 bits per heavy atom. The fourth-order valence-electron chi connectivity index (χ4n) is 4.36. The van der Waals surface area contributed by atoms with Crippen LogP contribution < -0.4 is 10.6 Å². The molecule has 12 heteroatoms. The topological polar surface area (TPSA) is 114 Å². The minimum absolute atomic E-state index is 0.0708. The standard InChI is InChI=1S/C31H34FN3O6S2/c1-6-40-29(38)25-22-14-15-35(30(39)41-31(3,4)5)17-24(22)43-28(25)34-26(36)18(2)42-20-11-9-10-19(16-20)33-27(37)21-12-7-8-13-23(21)32/h7-13,16,18H,6,14-15,17H2,1-5H3,(H,33,37)(H,34,36). The van der Waals surface area contributed by atoms with Crippen molar-refractivity contribution in [2.45, 2.75) is 63.3 Å². The molecule has 0 radical (unpaired) electrons. The molecule has 0 bridgehead atoms. The molecular formula is C31H34FN3O6S2. The van der Waals surface area contributed by atoms with Gasteiger partial charge in [-0.3, -0.25) is 9.59 Å². The van der Waals surface area contributed by atoms with Crippen LogP contribution in [0.2, 0.25) is 0 Å². The number of benzene rings is 2. The summed E-state index contributed by atoms with van der Waals surface area (Å²) in [6, 6.07) is 12.6. The summed E-state index contributed by atoms with van der Waals surface area (Å²) in [5.41, 5.74) is 0.821. The maximum absolute atomic E-state index is 14.0. The number of amides is 3. The molecule has 1 aliphatic rings. The molecule has 0 saturated carbocycles. The molecule has 9 nitrogen and oxygen atoms in total. The highest BCUT2D eigenvalue weighted by Crippen LogP contribution is 2.39. The zero-order chi connectivity index (χ0) is 31.3. The fourth-order valence-corrected chi connectivity index (χ4v) is 6.54. The molecule has 0 saturated heterocycles. The Morgan fingerprint density at radius 2 is 1.84 bits per heavy atom.